The van der Waals surface area contributed by atoms with Crippen molar-refractivity contribution in [1.29, 1.82) is 0 Å². The molecule has 1 N–H and O–H groups in total. The van der Waals surface area contributed by atoms with Gasteiger partial charge < -0.3 is 14.6 Å². The first-order valence-corrected chi connectivity index (χ1v) is 6.32. The number of methoxy groups -OCH3 is 1. The Labute approximate surface area is 112 Å². The molecule has 2 rings (SSSR count). The summed E-state index contributed by atoms with van der Waals surface area (Å²) in [4.78, 5) is 13.0. The van der Waals surface area contributed by atoms with Crippen LogP contribution in [-0.2, 0) is 7.05 Å². The summed E-state index contributed by atoms with van der Waals surface area (Å²) in [5, 5.41) is 3.43. The molecule has 6 heteroatoms. The van der Waals surface area contributed by atoms with E-state index in [1.54, 1.807) is 25.8 Å². The zero-order chi connectivity index (χ0) is 13.7. The number of nitrogens with one attached hydrogen (secondary N) is 1. The van der Waals surface area contributed by atoms with Crippen LogP contribution in [0.25, 0.3) is 0 Å². The quantitative estimate of drug-likeness (QED) is 0.849. The van der Waals surface area contributed by atoms with Crippen LogP contribution in [0.3, 0.4) is 0 Å². The molecule has 0 aliphatic rings. The van der Waals surface area contributed by atoms with E-state index in [4.69, 9.17) is 4.74 Å². The van der Waals surface area contributed by atoms with Crippen molar-refractivity contribution in [2.45, 2.75) is 19.4 Å². The summed E-state index contributed by atoms with van der Waals surface area (Å²) in [6, 6.07) is -0.107. The summed E-state index contributed by atoms with van der Waals surface area (Å²) in [5.74, 6) is 0.529. The van der Waals surface area contributed by atoms with E-state index >= 15 is 0 Å². The summed E-state index contributed by atoms with van der Waals surface area (Å²) < 4.78 is 7.20. The van der Waals surface area contributed by atoms with Crippen LogP contribution in [0.1, 0.15) is 30.8 Å². The van der Waals surface area contributed by atoms with Crippen molar-refractivity contribution >= 4 is 0 Å². The second-order valence-corrected chi connectivity index (χ2v) is 4.30. The van der Waals surface area contributed by atoms with Gasteiger partial charge >= 0.3 is 0 Å². The fraction of sp³-hybridized carbons (Fsp3) is 0.462. The molecule has 1 atom stereocenters. The minimum atomic E-state index is -0.107. The van der Waals surface area contributed by atoms with Crippen molar-refractivity contribution < 1.29 is 4.74 Å². The molecule has 0 bridgehead atoms. The van der Waals surface area contributed by atoms with Crippen molar-refractivity contribution in [3.8, 4) is 5.88 Å². The average molecular weight is 261 g/mol. The van der Waals surface area contributed by atoms with Crippen LogP contribution in [0.4, 0.5) is 0 Å². The number of rotatable bonds is 6. The molecule has 0 fully saturated rings. The highest BCUT2D eigenvalue weighted by Gasteiger charge is 2.21. The molecule has 0 spiro atoms. The molecule has 0 aromatic carbocycles. The van der Waals surface area contributed by atoms with E-state index in [9.17, 15) is 0 Å². The molecule has 19 heavy (non-hydrogen) atoms. The maximum Gasteiger partial charge on any atom is 0.237 e. The van der Waals surface area contributed by atoms with Crippen LogP contribution in [0.15, 0.2) is 24.9 Å². The number of hydrogen-bond donors (Lipinski definition) is 1. The van der Waals surface area contributed by atoms with Gasteiger partial charge in [-0.05, 0) is 13.0 Å². The monoisotopic (exact) mass is 261 g/mol. The topological polar surface area (TPSA) is 64.9 Å². The normalized spacial score (nSPS) is 12.4. The Balaban J connectivity index is 2.36. The molecular weight excluding hydrogens is 242 g/mol. The van der Waals surface area contributed by atoms with Gasteiger partial charge in [0.2, 0.25) is 5.88 Å². The van der Waals surface area contributed by atoms with Gasteiger partial charge in [0.1, 0.15) is 5.69 Å². The molecule has 0 aliphatic carbocycles. The lowest BCUT2D eigenvalue weighted by atomic mass is 10.1. The molecular formula is C13H19N5O. The first kappa shape index (κ1) is 13.5. The van der Waals surface area contributed by atoms with Gasteiger partial charge in [-0.2, -0.15) is 0 Å². The Morgan fingerprint density at radius 3 is 2.74 bits per heavy atom. The molecule has 1 unspecified atom stereocenters. The molecule has 0 radical (unpaired) electrons. The molecule has 2 heterocycles. The van der Waals surface area contributed by atoms with E-state index in [1.807, 2.05) is 17.8 Å². The van der Waals surface area contributed by atoms with Crippen LogP contribution in [0.2, 0.25) is 0 Å². The number of aromatic nitrogens is 4. The van der Waals surface area contributed by atoms with Crippen LogP contribution < -0.4 is 10.1 Å². The van der Waals surface area contributed by atoms with Gasteiger partial charge in [-0.15, -0.1) is 0 Å². The van der Waals surface area contributed by atoms with Gasteiger partial charge in [0, 0.05) is 25.6 Å². The third-order valence-electron chi connectivity index (χ3n) is 2.78. The zero-order valence-corrected chi connectivity index (χ0v) is 11.5. The Hall–Kier alpha value is -1.95. The van der Waals surface area contributed by atoms with E-state index in [0.717, 1.165) is 24.4 Å². The summed E-state index contributed by atoms with van der Waals surface area (Å²) in [6.45, 7) is 3.00. The highest BCUT2D eigenvalue weighted by Crippen LogP contribution is 2.24. The minimum Gasteiger partial charge on any atom is -0.480 e. The molecule has 102 valence electrons. The fourth-order valence-electron chi connectivity index (χ4n) is 1.90. The number of hydrogen-bond acceptors (Lipinski definition) is 5. The Kier molecular flexibility index (Phi) is 4.46. The van der Waals surface area contributed by atoms with E-state index < -0.39 is 0 Å². The third-order valence-corrected chi connectivity index (χ3v) is 2.78. The first-order chi connectivity index (χ1) is 9.26. The standard InChI is InChI=1S/C13H19N5O/c1-4-5-14-11(10-8-18(2)9-17-10)12-13(19-3)16-7-6-15-12/h6-9,11,14H,4-5H2,1-3H3. The highest BCUT2D eigenvalue weighted by molar-refractivity contribution is 5.28. The van der Waals surface area contributed by atoms with E-state index in [0.29, 0.717) is 5.88 Å². The smallest absolute Gasteiger partial charge is 0.237 e. The largest absolute Gasteiger partial charge is 0.480 e. The Morgan fingerprint density at radius 1 is 1.32 bits per heavy atom. The van der Waals surface area contributed by atoms with Crippen LogP contribution in [0.5, 0.6) is 5.88 Å². The highest BCUT2D eigenvalue weighted by atomic mass is 16.5. The van der Waals surface area contributed by atoms with Gasteiger partial charge in [-0.1, -0.05) is 6.92 Å². The van der Waals surface area contributed by atoms with E-state index in [1.165, 1.54) is 0 Å². The van der Waals surface area contributed by atoms with Crippen LogP contribution >= 0.6 is 0 Å². The van der Waals surface area contributed by atoms with Gasteiger partial charge in [-0.25, -0.2) is 9.97 Å². The van der Waals surface area contributed by atoms with Crippen molar-refractivity contribution in [3.63, 3.8) is 0 Å². The predicted octanol–water partition coefficient (Wildman–Crippen LogP) is 1.31. The third kappa shape index (κ3) is 3.08. The SMILES string of the molecule is CCCNC(c1cn(C)cn1)c1nccnc1OC. The molecule has 0 saturated heterocycles. The van der Waals surface area contributed by atoms with Crippen molar-refractivity contribution in [2.75, 3.05) is 13.7 Å². The second kappa shape index (κ2) is 6.29. The maximum absolute atomic E-state index is 5.29. The lowest BCUT2D eigenvalue weighted by Crippen LogP contribution is -2.25. The van der Waals surface area contributed by atoms with Gasteiger partial charge in [0.25, 0.3) is 0 Å². The molecule has 0 aliphatic heterocycles. The van der Waals surface area contributed by atoms with Crippen molar-refractivity contribution in [2.24, 2.45) is 7.05 Å². The number of aryl methyl sites for hydroxylation is 1. The summed E-state index contributed by atoms with van der Waals surface area (Å²) in [5.41, 5.74) is 1.67. The number of imidazole rings is 1. The van der Waals surface area contributed by atoms with Gasteiger partial charge in [0.05, 0.1) is 25.2 Å². The maximum atomic E-state index is 5.29. The molecule has 0 saturated carbocycles. The summed E-state index contributed by atoms with van der Waals surface area (Å²) in [6.07, 6.45) is 8.07. The summed E-state index contributed by atoms with van der Waals surface area (Å²) >= 11 is 0. The Morgan fingerprint density at radius 2 is 2.11 bits per heavy atom. The lowest BCUT2D eigenvalue weighted by Gasteiger charge is -2.17. The minimum absolute atomic E-state index is 0.107. The number of ether oxygens (including phenoxy) is 1. The van der Waals surface area contributed by atoms with E-state index in [2.05, 4.69) is 27.2 Å². The lowest BCUT2D eigenvalue weighted by molar-refractivity contribution is 0.382. The molecule has 2 aromatic heterocycles. The van der Waals surface area contributed by atoms with Crippen LogP contribution in [0, 0.1) is 0 Å². The second-order valence-electron chi connectivity index (χ2n) is 4.30. The van der Waals surface area contributed by atoms with Gasteiger partial charge in [-0.3, -0.25) is 4.98 Å². The zero-order valence-electron chi connectivity index (χ0n) is 11.5. The number of nitrogens with zero attached hydrogens (tertiary/aromatic N) is 4. The molecule has 2 aromatic rings. The first-order valence-electron chi connectivity index (χ1n) is 6.32. The Bertz CT molecular complexity index is 525. The molecule has 6 nitrogen and oxygen atoms in total. The summed E-state index contributed by atoms with van der Waals surface area (Å²) in [7, 11) is 3.55. The predicted molar refractivity (Wildman–Crippen MR) is 71.9 cm³/mol. The average Bonchev–Trinajstić information content (AvgIpc) is 2.86. The van der Waals surface area contributed by atoms with Crippen molar-refractivity contribution in [3.05, 3.63) is 36.3 Å². The van der Waals surface area contributed by atoms with Gasteiger partial charge in [0.15, 0.2) is 0 Å². The molecule has 0 amide bonds. The van der Waals surface area contributed by atoms with Crippen molar-refractivity contribution in [1.82, 2.24) is 24.8 Å². The van der Waals surface area contributed by atoms with Crippen LogP contribution in [-0.4, -0.2) is 33.2 Å². The van der Waals surface area contributed by atoms with E-state index in [-0.39, 0.29) is 6.04 Å². The fourth-order valence-corrected chi connectivity index (χ4v) is 1.90.